The Morgan fingerprint density at radius 2 is 1.32 bits per heavy atom. The molecule has 0 aliphatic rings. The van der Waals surface area contributed by atoms with E-state index in [1.165, 1.54) is 31.0 Å². The number of rotatable bonds is 6. The standard InChI is InChI=1S/C29H31GeN/c1-22(2)18-26-20-29(25-15-11-14-24(19-25)23-12-7-5-8-13-23)31-21-28(26)30(3,4)27-16-9-6-10-17-27/h5-17,19-22H,18H2,1-4H3. The fraction of sp³-hybridized carbons (Fsp3) is 0.207. The summed E-state index contributed by atoms with van der Waals surface area (Å²) in [4.78, 5) is 4.99. The Morgan fingerprint density at radius 3 is 2.00 bits per heavy atom. The van der Waals surface area contributed by atoms with Gasteiger partial charge in [0.05, 0.1) is 0 Å². The van der Waals surface area contributed by atoms with E-state index in [2.05, 4.69) is 123 Å². The van der Waals surface area contributed by atoms with Crippen molar-refractivity contribution < 1.29 is 0 Å². The van der Waals surface area contributed by atoms with Crippen molar-refractivity contribution in [2.75, 3.05) is 0 Å². The third kappa shape index (κ3) is 4.83. The van der Waals surface area contributed by atoms with Gasteiger partial charge in [0.1, 0.15) is 0 Å². The second kappa shape index (κ2) is 9.24. The van der Waals surface area contributed by atoms with E-state index in [4.69, 9.17) is 4.98 Å². The third-order valence-electron chi connectivity index (χ3n) is 6.05. The van der Waals surface area contributed by atoms with Gasteiger partial charge in [-0.25, -0.2) is 0 Å². The molecule has 1 nitrogen and oxygen atoms in total. The monoisotopic (exact) mass is 467 g/mol. The summed E-state index contributed by atoms with van der Waals surface area (Å²) in [6, 6.07) is 32.7. The molecular formula is C29H31GeN. The van der Waals surface area contributed by atoms with Gasteiger partial charge in [-0.1, -0.05) is 0 Å². The van der Waals surface area contributed by atoms with Gasteiger partial charge < -0.3 is 0 Å². The van der Waals surface area contributed by atoms with Gasteiger partial charge >= 0.3 is 190 Å². The Labute approximate surface area is 189 Å². The molecule has 0 aliphatic carbocycles. The topological polar surface area (TPSA) is 12.9 Å². The average Bonchev–Trinajstić information content (AvgIpc) is 2.80. The molecule has 156 valence electrons. The van der Waals surface area contributed by atoms with E-state index < -0.39 is 13.3 Å². The fourth-order valence-corrected chi connectivity index (χ4v) is 9.99. The second-order valence-corrected chi connectivity index (χ2v) is 18.4. The van der Waals surface area contributed by atoms with Gasteiger partial charge in [0.15, 0.2) is 0 Å². The zero-order chi connectivity index (χ0) is 21.8. The number of hydrogen-bond donors (Lipinski definition) is 0. The van der Waals surface area contributed by atoms with Crippen LogP contribution in [0.2, 0.25) is 11.5 Å². The minimum atomic E-state index is -2.42. The molecule has 0 spiro atoms. The van der Waals surface area contributed by atoms with Crippen LogP contribution in [-0.2, 0) is 6.42 Å². The molecule has 31 heavy (non-hydrogen) atoms. The predicted molar refractivity (Wildman–Crippen MR) is 137 cm³/mol. The van der Waals surface area contributed by atoms with Crippen molar-refractivity contribution in [1.82, 2.24) is 4.98 Å². The van der Waals surface area contributed by atoms with Gasteiger partial charge in [-0.2, -0.15) is 0 Å². The van der Waals surface area contributed by atoms with E-state index in [0.717, 1.165) is 12.1 Å². The molecule has 0 bridgehead atoms. The van der Waals surface area contributed by atoms with Crippen LogP contribution < -0.4 is 8.79 Å². The summed E-state index contributed by atoms with van der Waals surface area (Å²) in [7, 11) is 0. The maximum absolute atomic E-state index is 4.99. The minimum absolute atomic E-state index is 0.610. The molecule has 0 radical (unpaired) electrons. The Morgan fingerprint density at radius 1 is 0.710 bits per heavy atom. The molecule has 2 heteroatoms. The molecule has 3 aromatic carbocycles. The molecule has 0 saturated heterocycles. The number of pyridine rings is 1. The van der Waals surface area contributed by atoms with Gasteiger partial charge in [-0.15, -0.1) is 0 Å². The Hall–Kier alpha value is -2.65. The average molecular weight is 466 g/mol. The van der Waals surface area contributed by atoms with Crippen molar-refractivity contribution in [2.24, 2.45) is 5.92 Å². The Bertz CT molecular complexity index is 1150. The molecule has 0 unspecified atom stereocenters. The van der Waals surface area contributed by atoms with Crippen LogP contribution in [-0.4, -0.2) is 18.3 Å². The van der Waals surface area contributed by atoms with E-state index in [-0.39, 0.29) is 0 Å². The van der Waals surface area contributed by atoms with E-state index in [1.807, 2.05) is 0 Å². The summed E-state index contributed by atoms with van der Waals surface area (Å²) in [6.07, 6.45) is 3.28. The van der Waals surface area contributed by atoms with Crippen LogP contribution >= 0.6 is 0 Å². The second-order valence-electron chi connectivity index (χ2n) is 9.26. The zero-order valence-corrected chi connectivity index (χ0v) is 21.1. The number of hydrogen-bond acceptors (Lipinski definition) is 1. The number of nitrogens with zero attached hydrogens (tertiary/aromatic N) is 1. The van der Waals surface area contributed by atoms with Crippen LogP contribution in [0.15, 0.2) is 97.2 Å². The van der Waals surface area contributed by atoms with Crippen LogP contribution in [0.4, 0.5) is 0 Å². The summed E-state index contributed by atoms with van der Waals surface area (Å²) in [5.74, 6) is 5.59. The fourth-order valence-electron chi connectivity index (χ4n) is 4.33. The van der Waals surface area contributed by atoms with E-state index in [0.29, 0.717) is 5.92 Å². The zero-order valence-electron chi connectivity index (χ0n) is 19.0. The number of aromatic nitrogens is 1. The van der Waals surface area contributed by atoms with Crippen molar-refractivity contribution in [2.45, 2.75) is 31.8 Å². The summed E-state index contributed by atoms with van der Waals surface area (Å²) >= 11 is -2.42. The van der Waals surface area contributed by atoms with Gasteiger partial charge in [0.2, 0.25) is 0 Å². The molecule has 0 amide bonds. The normalized spacial score (nSPS) is 11.6. The van der Waals surface area contributed by atoms with E-state index in [1.54, 1.807) is 0 Å². The van der Waals surface area contributed by atoms with Crippen molar-refractivity contribution in [3.63, 3.8) is 0 Å². The summed E-state index contributed by atoms with van der Waals surface area (Å²) in [6.45, 7) is 4.62. The molecule has 1 heterocycles. The molecular weight excluding hydrogens is 435 g/mol. The Balaban J connectivity index is 1.78. The summed E-state index contributed by atoms with van der Waals surface area (Å²) in [5, 5.41) is 0. The summed E-state index contributed by atoms with van der Waals surface area (Å²) < 4.78 is 3.01. The van der Waals surface area contributed by atoms with Gasteiger partial charge in [0.25, 0.3) is 0 Å². The van der Waals surface area contributed by atoms with E-state index in [9.17, 15) is 0 Å². The van der Waals surface area contributed by atoms with Gasteiger partial charge in [0, 0.05) is 0 Å². The van der Waals surface area contributed by atoms with Crippen molar-refractivity contribution >= 4 is 22.1 Å². The quantitative estimate of drug-likeness (QED) is 0.298. The van der Waals surface area contributed by atoms with Crippen molar-refractivity contribution in [1.29, 1.82) is 0 Å². The molecule has 1 aromatic heterocycles. The molecule has 0 N–H and O–H groups in total. The van der Waals surface area contributed by atoms with Crippen LogP contribution in [0, 0.1) is 5.92 Å². The van der Waals surface area contributed by atoms with E-state index >= 15 is 0 Å². The first-order chi connectivity index (χ1) is 14.9. The SMILES string of the molecule is CC(C)Cc1cc(-c2cccc(-c3ccccc3)c2)nc[c]1[Ge]([CH3])([CH3])[c]1ccccc1. The first-order valence-corrected chi connectivity index (χ1v) is 17.5. The van der Waals surface area contributed by atoms with Crippen LogP contribution in [0.1, 0.15) is 19.4 Å². The summed E-state index contributed by atoms with van der Waals surface area (Å²) in [5.41, 5.74) is 6.20. The van der Waals surface area contributed by atoms with Crippen LogP contribution in [0.5, 0.6) is 0 Å². The van der Waals surface area contributed by atoms with Crippen LogP contribution in [0.3, 0.4) is 0 Å². The number of benzene rings is 3. The molecule has 4 rings (SSSR count). The van der Waals surface area contributed by atoms with Crippen molar-refractivity contribution in [3.8, 4) is 22.4 Å². The Kier molecular flexibility index (Phi) is 6.43. The van der Waals surface area contributed by atoms with Crippen LogP contribution in [0.25, 0.3) is 22.4 Å². The van der Waals surface area contributed by atoms with Gasteiger partial charge in [-0.05, 0) is 0 Å². The van der Waals surface area contributed by atoms with Crippen molar-refractivity contribution in [3.05, 3.63) is 103 Å². The molecule has 0 aliphatic heterocycles. The third-order valence-corrected chi connectivity index (χ3v) is 13.5. The molecule has 0 fully saturated rings. The predicted octanol–water partition coefficient (Wildman–Crippen LogP) is 6.44. The molecule has 4 aromatic rings. The molecule has 0 atom stereocenters. The first kappa shape index (κ1) is 21.6. The van der Waals surface area contributed by atoms with Gasteiger partial charge in [-0.3, -0.25) is 0 Å². The molecule has 0 saturated carbocycles. The first-order valence-electron chi connectivity index (χ1n) is 11.2. The maximum atomic E-state index is 4.99.